The first-order valence-electron chi connectivity index (χ1n) is 12.5. The van der Waals surface area contributed by atoms with Gasteiger partial charge in [0.2, 0.25) is 11.8 Å². The number of benzene rings is 3. The van der Waals surface area contributed by atoms with E-state index in [2.05, 4.69) is 5.32 Å². The number of rotatable bonds is 10. The lowest BCUT2D eigenvalue weighted by atomic mass is 10.1. The van der Waals surface area contributed by atoms with Crippen molar-refractivity contribution in [2.24, 2.45) is 0 Å². The van der Waals surface area contributed by atoms with Crippen LogP contribution in [0, 0.1) is 0 Å². The van der Waals surface area contributed by atoms with Gasteiger partial charge in [-0.15, -0.1) is 0 Å². The molecule has 0 heterocycles. The molecule has 1 atom stereocenters. The van der Waals surface area contributed by atoms with Crippen LogP contribution in [0.5, 0.6) is 5.75 Å². The summed E-state index contributed by atoms with van der Waals surface area (Å²) in [5, 5.41) is 3.52. The normalized spacial score (nSPS) is 12.4. The van der Waals surface area contributed by atoms with Gasteiger partial charge in [0.15, 0.2) is 0 Å². The van der Waals surface area contributed by atoms with Gasteiger partial charge < -0.3 is 15.0 Å². The van der Waals surface area contributed by atoms with Crippen molar-refractivity contribution in [1.29, 1.82) is 0 Å². The zero-order chi connectivity index (χ0) is 29.7. The maximum Gasteiger partial charge on any atom is 0.264 e. The van der Waals surface area contributed by atoms with Crippen LogP contribution in [0.2, 0.25) is 10.0 Å². The Morgan fingerprint density at radius 3 is 2.02 bits per heavy atom. The van der Waals surface area contributed by atoms with Crippen LogP contribution in [0.4, 0.5) is 5.69 Å². The van der Waals surface area contributed by atoms with Crippen LogP contribution in [0.15, 0.2) is 77.7 Å². The van der Waals surface area contributed by atoms with Crippen LogP contribution in [0.3, 0.4) is 0 Å². The fourth-order valence-electron chi connectivity index (χ4n) is 3.91. The minimum Gasteiger partial charge on any atom is -0.497 e. The van der Waals surface area contributed by atoms with Crippen LogP contribution < -0.4 is 14.4 Å². The summed E-state index contributed by atoms with van der Waals surface area (Å²) in [6.07, 6.45) is 0. The molecule has 0 saturated heterocycles. The monoisotopic (exact) mass is 605 g/mol. The molecule has 11 heteroatoms. The fraction of sp³-hybridized carbons (Fsp3) is 0.310. The van der Waals surface area contributed by atoms with E-state index in [0.717, 1.165) is 4.31 Å². The number of sulfonamides is 1. The second kappa shape index (κ2) is 12.9. The van der Waals surface area contributed by atoms with Gasteiger partial charge in [0.1, 0.15) is 18.3 Å². The molecule has 3 aromatic carbocycles. The molecule has 2 amide bonds. The second-order valence-corrected chi connectivity index (χ2v) is 12.8. The summed E-state index contributed by atoms with van der Waals surface area (Å²) in [7, 11) is -2.71. The van der Waals surface area contributed by atoms with Crippen LogP contribution in [0.1, 0.15) is 33.3 Å². The lowest BCUT2D eigenvalue weighted by Gasteiger charge is -2.33. The molecule has 40 heavy (non-hydrogen) atoms. The molecule has 1 N–H and O–H groups in total. The number of nitrogens with zero attached hydrogens (tertiary/aromatic N) is 2. The Balaban J connectivity index is 2.05. The van der Waals surface area contributed by atoms with Gasteiger partial charge >= 0.3 is 0 Å². The highest BCUT2D eigenvalue weighted by atomic mass is 35.5. The van der Waals surface area contributed by atoms with Crippen molar-refractivity contribution in [3.8, 4) is 5.75 Å². The number of carbonyl (C=O) groups is 2. The molecule has 0 radical (unpaired) electrons. The molecule has 0 aliphatic rings. The molecule has 214 valence electrons. The van der Waals surface area contributed by atoms with E-state index >= 15 is 0 Å². The van der Waals surface area contributed by atoms with Crippen molar-refractivity contribution in [2.75, 3.05) is 18.0 Å². The van der Waals surface area contributed by atoms with Gasteiger partial charge in [-0.05, 0) is 76.2 Å². The molecule has 3 aromatic rings. The van der Waals surface area contributed by atoms with Gasteiger partial charge in [0, 0.05) is 27.7 Å². The fourth-order valence-corrected chi connectivity index (χ4v) is 5.84. The van der Waals surface area contributed by atoms with Crippen LogP contribution in [-0.2, 0) is 26.2 Å². The largest absolute Gasteiger partial charge is 0.497 e. The molecule has 0 fully saturated rings. The third kappa shape index (κ3) is 7.68. The number of halogens is 2. The summed E-state index contributed by atoms with van der Waals surface area (Å²) in [6, 6.07) is 18.1. The molecule has 0 aliphatic carbocycles. The Morgan fingerprint density at radius 2 is 1.50 bits per heavy atom. The van der Waals surface area contributed by atoms with Crippen LogP contribution >= 0.6 is 23.2 Å². The first-order chi connectivity index (χ1) is 18.7. The zero-order valence-electron chi connectivity index (χ0n) is 23.0. The molecule has 0 saturated carbocycles. The topological polar surface area (TPSA) is 96.0 Å². The number of nitrogens with one attached hydrogen (secondary N) is 1. The van der Waals surface area contributed by atoms with Crippen molar-refractivity contribution in [3.05, 3.63) is 88.4 Å². The average Bonchev–Trinajstić information content (AvgIpc) is 2.90. The highest BCUT2D eigenvalue weighted by Gasteiger charge is 2.34. The SMILES string of the molecule is COc1ccc(S(=O)(=O)N(CC(=O)N(Cc2c(Cl)cccc2Cl)C(C)C(=O)NC(C)(C)C)c2ccccc2)cc1. The highest BCUT2D eigenvalue weighted by Crippen LogP contribution is 2.29. The standard InChI is InChI=1S/C29H33Cl2N3O5S/c1-20(28(36)32-29(2,3)4)33(18-24-25(30)12-9-13-26(24)31)27(35)19-34(21-10-7-6-8-11-21)40(37,38)23-16-14-22(39-5)15-17-23/h6-17,20H,18-19H2,1-5H3,(H,32,36). The van der Waals surface area contributed by atoms with E-state index in [1.807, 2.05) is 20.8 Å². The first kappa shape index (κ1) is 31.3. The van der Waals surface area contributed by atoms with E-state index in [4.69, 9.17) is 27.9 Å². The molecule has 0 aliphatic heterocycles. The van der Waals surface area contributed by atoms with E-state index in [9.17, 15) is 18.0 Å². The van der Waals surface area contributed by atoms with Crippen molar-refractivity contribution < 1.29 is 22.7 Å². The number of carbonyl (C=O) groups excluding carboxylic acids is 2. The van der Waals surface area contributed by atoms with E-state index in [1.54, 1.807) is 55.5 Å². The van der Waals surface area contributed by atoms with E-state index in [-0.39, 0.29) is 17.1 Å². The predicted molar refractivity (Wildman–Crippen MR) is 158 cm³/mol. The van der Waals surface area contributed by atoms with Crippen LogP contribution in [-0.4, -0.2) is 50.4 Å². The second-order valence-electron chi connectivity index (χ2n) is 10.2. The third-order valence-electron chi connectivity index (χ3n) is 6.03. The zero-order valence-corrected chi connectivity index (χ0v) is 25.3. The molecule has 0 bridgehead atoms. The Labute approximate surface area is 245 Å². The van der Waals surface area contributed by atoms with Crippen molar-refractivity contribution >= 4 is 50.7 Å². The summed E-state index contributed by atoms with van der Waals surface area (Å²) < 4.78 is 33.9. The van der Waals surface area contributed by atoms with Crippen molar-refractivity contribution in [3.63, 3.8) is 0 Å². The average molecular weight is 607 g/mol. The lowest BCUT2D eigenvalue weighted by Crippen LogP contribution is -2.54. The number of ether oxygens (including phenoxy) is 1. The number of hydrogen-bond donors (Lipinski definition) is 1. The van der Waals surface area contributed by atoms with Gasteiger partial charge in [0.25, 0.3) is 10.0 Å². The molecular formula is C29H33Cl2N3O5S. The van der Waals surface area contributed by atoms with Crippen molar-refractivity contribution in [2.45, 2.75) is 50.7 Å². The minimum absolute atomic E-state index is 0.0239. The number of methoxy groups -OCH3 is 1. The molecule has 0 spiro atoms. The first-order valence-corrected chi connectivity index (χ1v) is 14.7. The van der Waals surface area contributed by atoms with Gasteiger partial charge in [0.05, 0.1) is 17.7 Å². The number of anilines is 1. The summed E-state index contributed by atoms with van der Waals surface area (Å²) >= 11 is 12.8. The number of para-hydroxylation sites is 1. The minimum atomic E-state index is -4.19. The summed E-state index contributed by atoms with van der Waals surface area (Å²) in [4.78, 5) is 28.4. The van der Waals surface area contributed by atoms with Gasteiger partial charge in [-0.25, -0.2) is 8.42 Å². The number of hydrogen-bond acceptors (Lipinski definition) is 5. The van der Waals surface area contributed by atoms with E-state index < -0.39 is 40.0 Å². The Morgan fingerprint density at radius 1 is 0.925 bits per heavy atom. The van der Waals surface area contributed by atoms with Crippen LogP contribution in [0.25, 0.3) is 0 Å². The maximum absolute atomic E-state index is 14.0. The predicted octanol–water partition coefficient (Wildman–Crippen LogP) is 5.53. The molecule has 1 unspecified atom stereocenters. The van der Waals surface area contributed by atoms with Gasteiger partial charge in [-0.1, -0.05) is 47.5 Å². The highest BCUT2D eigenvalue weighted by molar-refractivity contribution is 7.92. The molecule has 8 nitrogen and oxygen atoms in total. The molecule has 0 aromatic heterocycles. The van der Waals surface area contributed by atoms with E-state index in [0.29, 0.717) is 21.4 Å². The Bertz CT molecular complexity index is 1420. The summed E-state index contributed by atoms with van der Waals surface area (Å²) in [5.41, 5.74) is 0.170. The van der Waals surface area contributed by atoms with E-state index in [1.165, 1.54) is 36.3 Å². The molecular weight excluding hydrogens is 573 g/mol. The Kier molecular flexibility index (Phi) is 10.1. The molecule has 3 rings (SSSR count). The quantitative estimate of drug-likeness (QED) is 0.328. The number of amides is 2. The third-order valence-corrected chi connectivity index (χ3v) is 8.52. The summed E-state index contributed by atoms with van der Waals surface area (Å²) in [6.45, 7) is 6.37. The maximum atomic E-state index is 14.0. The van der Waals surface area contributed by atoms with Gasteiger partial charge in [-0.3, -0.25) is 13.9 Å². The van der Waals surface area contributed by atoms with Gasteiger partial charge in [-0.2, -0.15) is 0 Å². The summed E-state index contributed by atoms with van der Waals surface area (Å²) in [5.74, 6) is -0.537. The van der Waals surface area contributed by atoms with Crippen molar-refractivity contribution in [1.82, 2.24) is 10.2 Å². The lowest BCUT2D eigenvalue weighted by molar-refractivity contribution is -0.140. The smallest absolute Gasteiger partial charge is 0.264 e. The Hall–Kier alpha value is -3.27.